The summed E-state index contributed by atoms with van der Waals surface area (Å²) in [4.78, 5) is 6.40. The number of hydrogen-bond donors (Lipinski definition) is 0. The fourth-order valence-electron chi connectivity index (χ4n) is 6.61. The highest BCUT2D eigenvalue weighted by molar-refractivity contribution is 5.85. The fraction of sp³-hybridized carbons (Fsp3) is 0.0698. The van der Waals surface area contributed by atoms with E-state index >= 15 is 0 Å². The number of aromatic nitrogens is 5. The Bertz CT molecular complexity index is 2240. The van der Waals surface area contributed by atoms with Gasteiger partial charge >= 0.3 is 0 Å². The average molecular weight is 636 g/mol. The van der Waals surface area contributed by atoms with Gasteiger partial charge in [0.15, 0.2) is 5.54 Å². The summed E-state index contributed by atoms with van der Waals surface area (Å²) in [6.07, 6.45) is 0. The lowest BCUT2D eigenvalue weighted by molar-refractivity contribution is 0.309. The van der Waals surface area contributed by atoms with E-state index in [4.69, 9.17) is 20.1 Å². The van der Waals surface area contributed by atoms with E-state index < -0.39 is 5.54 Å². The van der Waals surface area contributed by atoms with Gasteiger partial charge in [-0.15, -0.1) is 15.0 Å². The topological polar surface area (TPSA) is 65.7 Å². The Hall–Kier alpha value is -6.40. The number of benzene rings is 6. The summed E-state index contributed by atoms with van der Waals surface area (Å²) in [5.74, 6) is 1.39. The maximum Gasteiger partial charge on any atom is 0.205 e. The number of aryl methyl sites for hydroxylation is 1. The summed E-state index contributed by atoms with van der Waals surface area (Å²) >= 11 is 0. The van der Waals surface area contributed by atoms with Crippen LogP contribution in [0.15, 0.2) is 170 Å². The van der Waals surface area contributed by atoms with E-state index in [-0.39, 0.29) is 0 Å². The van der Waals surface area contributed by atoms with Gasteiger partial charge in [-0.05, 0) is 57.7 Å². The molecule has 0 radical (unpaired) electrons. The van der Waals surface area contributed by atoms with Gasteiger partial charge in [0.2, 0.25) is 5.82 Å². The fourth-order valence-corrected chi connectivity index (χ4v) is 6.61. The summed E-state index contributed by atoms with van der Waals surface area (Å²) in [7, 11) is 0. The van der Waals surface area contributed by atoms with Crippen LogP contribution >= 0.6 is 0 Å². The molecule has 0 aliphatic heterocycles. The Morgan fingerprint density at radius 1 is 0.592 bits per heavy atom. The Kier molecular flexibility index (Phi) is 7.96. The highest BCUT2D eigenvalue weighted by atomic mass is 16.5. The molecule has 8 rings (SSSR count). The second kappa shape index (κ2) is 13.0. The standard InChI is InChI=1S/C43H33N5O/c1-31-29-41(39-23-13-14-24-40(39)44-31)49-30-32-25-27-33(28-26-32)37-21-11-12-22-38(37)42-45-47-48(46-42)43(34-15-5-2-6-16-34,35-17-7-3-8-18-35)36-19-9-4-10-20-36/h2-29H,30H2,1H3. The largest absolute Gasteiger partial charge is 0.488 e. The molecule has 0 atom stereocenters. The molecule has 0 saturated carbocycles. The van der Waals surface area contributed by atoms with Gasteiger partial charge in [-0.3, -0.25) is 4.98 Å². The first-order valence-corrected chi connectivity index (χ1v) is 16.3. The van der Waals surface area contributed by atoms with E-state index in [0.29, 0.717) is 12.4 Å². The van der Waals surface area contributed by atoms with Gasteiger partial charge in [0.25, 0.3) is 0 Å². The van der Waals surface area contributed by atoms with Crippen LogP contribution in [0.5, 0.6) is 5.75 Å². The van der Waals surface area contributed by atoms with Crippen molar-refractivity contribution < 1.29 is 4.74 Å². The molecule has 0 aliphatic carbocycles. The molecule has 0 N–H and O–H groups in total. The molecular weight excluding hydrogens is 603 g/mol. The molecule has 2 heterocycles. The third-order valence-corrected chi connectivity index (χ3v) is 8.92. The van der Waals surface area contributed by atoms with Gasteiger partial charge in [0.05, 0.1) is 5.52 Å². The molecular formula is C43H33N5O. The van der Waals surface area contributed by atoms with E-state index in [1.807, 2.05) is 67.6 Å². The predicted molar refractivity (Wildman–Crippen MR) is 194 cm³/mol. The summed E-state index contributed by atoms with van der Waals surface area (Å²) in [6, 6.07) is 57.9. The van der Waals surface area contributed by atoms with Gasteiger partial charge in [0.1, 0.15) is 12.4 Å². The number of para-hydroxylation sites is 1. The second-order valence-electron chi connectivity index (χ2n) is 12.0. The molecule has 0 spiro atoms. The third-order valence-electron chi connectivity index (χ3n) is 8.92. The monoisotopic (exact) mass is 635 g/mol. The van der Waals surface area contributed by atoms with Crippen LogP contribution in [0, 0.1) is 6.92 Å². The molecule has 236 valence electrons. The van der Waals surface area contributed by atoms with Crippen LogP contribution in [0.2, 0.25) is 0 Å². The van der Waals surface area contributed by atoms with Crippen molar-refractivity contribution in [2.75, 3.05) is 0 Å². The molecule has 6 aromatic carbocycles. The van der Waals surface area contributed by atoms with Gasteiger partial charge in [-0.1, -0.05) is 152 Å². The zero-order chi connectivity index (χ0) is 33.0. The van der Waals surface area contributed by atoms with Crippen LogP contribution in [0.1, 0.15) is 27.9 Å². The molecule has 8 aromatic rings. The SMILES string of the molecule is Cc1cc(OCc2ccc(-c3ccccc3-c3nnn(C(c4ccccc4)(c4ccccc4)c4ccccc4)n3)cc2)c2ccccc2n1. The van der Waals surface area contributed by atoms with Crippen LogP contribution < -0.4 is 4.74 Å². The normalized spacial score (nSPS) is 11.4. The zero-order valence-electron chi connectivity index (χ0n) is 27.0. The van der Waals surface area contributed by atoms with E-state index in [9.17, 15) is 0 Å². The lowest BCUT2D eigenvalue weighted by atomic mass is 9.77. The first-order valence-electron chi connectivity index (χ1n) is 16.3. The number of fused-ring (bicyclic) bond motifs is 1. The minimum Gasteiger partial charge on any atom is -0.488 e. The first kappa shape index (κ1) is 30.0. The van der Waals surface area contributed by atoms with Crippen LogP contribution in [0.3, 0.4) is 0 Å². The molecule has 0 saturated heterocycles. The van der Waals surface area contributed by atoms with Crippen LogP contribution in [0.4, 0.5) is 0 Å². The minimum absolute atomic E-state index is 0.450. The van der Waals surface area contributed by atoms with Crippen LogP contribution in [-0.2, 0) is 12.1 Å². The van der Waals surface area contributed by atoms with E-state index in [1.54, 1.807) is 4.80 Å². The molecule has 0 unspecified atom stereocenters. The van der Waals surface area contributed by atoms with Gasteiger partial charge in [-0.25, -0.2) is 0 Å². The molecule has 2 aromatic heterocycles. The lowest BCUT2D eigenvalue weighted by Crippen LogP contribution is -2.39. The maximum absolute atomic E-state index is 6.30. The van der Waals surface area contributed by atoms with Crippen molar-refractivity contribution in [2.45, 2.75) is 19.1 Å². The van der Waals surface area contributed by atoms with Crippen molar-refractivity contribution in [1.82, 2.24) is 25.2 Å². The van der Waals surface area contributed by atoms with Crippen molar-refractivity contribution in [3.05, 3.63) is 198 Å². The van der Waals surface area contributed by atoms with Gasteiger partial charge in [-0.2, -0.15) is 0 Å². The van der Waals surface area contributed by atoms with E-state index in [0.717, 1.165) is 61.3 Å². The summed E-state index contributed by atoms with van der Waals surface area (Å²) in [5, 5.41) is 15.6. The summed E-state index contributed by atoms with van der Waals surface area (Å²) < 4.78 is 6.30. The number of hydrogen-bond acceptors (Lipinski definition) is 5. The number of ether oxygens (including phenoxy) is 1. The number of tetrazole rings is 1. The first-order chi connectivity index (χ1) is 24.2. The van der Waals surface area contributed by atoms with E-state index in [1.165, 1.54) is 0 Å². The van der Waals surface area contributed by atoms with Crippen molar-refractivity contribution in [3.8, 4) is 28.3 Å². The van der Waals surface area contributed by atoms with E-state index in [2.05, 4.69) is 114 Å². The number of nitrogens with zero attached hydrogens (tertiary/aromatic N) is 5. The highest BCUT2D eigenvalue weighted by Gasteiger charge is 2.41. The number of rotatable bonds is 9. The second-order valence-corrected chi connectivity index (χ2v) is 12.0. The molecule has 0 bridgehead atoms. The Morgan fingerprint density at radius 2 is 1.14 bits per heavy atom. The highest BCUT2D eigenvalue weighted by Crippen LogP contribution is 2.40. The molecule has 0 fully saturated rings. The van der Waals surface area contributed by atoms with Crippen molar-refractivity contribution in [2.24, 2.45) is 0 Å². The van der Waals surface area contributed by atoms with Gasteiger partial charge in [0, 0.05) is 22.7 Å². The smallest absolute Gasteiger partial charge is 0.205 e. The van der Waals surface area contributed by atoms with Crippen molar-refractivity contribution >= 4 is 10.9 Å². The quantitative estimate of drug-likeness (QED) is 0.148. The molecule has 6 heteroatoms. The van der Waals surface area contributed by atoms with Crippen LogP contribution in [0.25, 0.3) is 33.4 Å². The number of pyridine rings is 1. The summed E-state index contributed by atoms with van der Waals surface area (Å²) in [6.45, 7) is 2.44. The molecule has 49 heavy (non-hydrogen) atoms. The molecule has 0 aliphatic rings. The van der Waals surface area contributed by atoms with Gasteiger partial charge < -0.3 is 4.74 Å². The zero-order valence-corrected chi connectivity index (χ0v) is 27.0. The maximum atomic E-state index is 6.30. The third kappa shape index (κ3) is 5.63. The minimum atomic E-state index is -0.843. The Morgan fingerprint density at radius 3 is 1.78 bits per heavy atom. The lowest BCUT2D eigenvalue weighted by Gasteiger charge is -2.34. The average Bonchev–Trinajstić information content (AvgIpc) is 3.66. The Balaban J connectivity index is 1.15. The molecule has 0 amide bonds. The summed E-state index contributed by atoms with van der Waals surface area (Å²) in [5.41, 5.74) is 8.19. The van der Waals surface area contributed by atoms with Crippen molar-refractivity contribution in [1.29, 1.82) is 0 Å². The predicted octanol–water partition coefficient (Wildman–Crippen LogP) is 9.28. The van der Waals surface area contributed by atoms with Crippen LogP contribution in [-0.4, -0.2) is 25.2 Å². The Labute approximate surface area is 285 Å². The molecule has 6 nitrogen and oxygen atoms in total. The van der Waals surface area contributed by atoms with Crippen molar-refractivity contribution in [3.63, 3.8) is 0 Å².